The first-order valence-corrected chi connectivity index (χ1v) is 9.17. The van der Waals surface area contributed by atoms with Crippen LogP contribution in [0, 0.1) is 0 Å². The van der Waals surface area contributed by atoms with Crippen LogP contribution in [0.1, 0.15) is 24.8 Å². The van der Waals surface area contributed by atoms with Crippen molar-refractivity contribution in [3.8, 4) is 0 Å². The second-order valence-electron chi connectivity index (χ2n) is 6.75. The van der Waals surface area contributed by atoms with Crippen molar-refractivity contribution < 1.29 is 19.7 Å². The predicted octanol–water partition coefficient (Wildman–Crippen LogP) is 0.931. The fraction of sp³-hybridized carbons (Fsp3) is 0.611. The number of rotatable bonds is 6. The number of nitrogens with one attached hydrogen (secondary N) is 1. The zero-order chi connectivity index (χ0) is 17.8. The van der Waals surface area contributed by atoms with Crippen LogP contribution in [-0.4, -0.2) is 65.1 Å². The SMILES string of the molecule is O=C(C[C@@H]1O[C@H](CNCc2cccc(Cl)c2)[C@@H](O)[C@H]1O)N1CCCC1. The van der Waals surface area contributed by atoms with Gasteiger partial charge < -0.3 is 25.2 Å². The second kappa shape index (κ2) is 8.47. The number of aliphatic hydroxyl groups is 2. The average Bonchev–Trinajstić information content (AvgIpc) is 3.21. The molecule has 3 rings (SSSR count). The van der Waals surface area contributed by atoms with Gasteiger partial charge in [-0.1, -0.05) is 23.7 Å². The van der Waals surface area contributed by atoms with Crippen LogP contribution in [0.15, 0.2) is 24.3 Å². The summed E-state index contributed by atoms with van der Waals surface area (Å²) in [5.74, 6) is -0.0127. The molecule has 0 bridgehead atoms. The molecule has 1 aromatic rings. The molecule has 0 unspecified atom stereocenters. The Hall–Kier alpha value is -1.18. The summed E-state index contributed by atoms with van der Waals surface area (Å²) in [6.07, 6.45) is -1.06. The third-order valence-corrected chi connectivity index (χ3v) is 5.09. The summed E-state index contributed by atoms with van der Waals surface area (Å²) in [6, 6.07) is 7.52. The topological polar surface area (TPSA) is 82.0 Å². The van der Waals surface area contributed by atoms with Gasteiger partial charge in [0.2, 0.25) is 5.91 Å². The van der Waals surface area contributed by atoms with E-state index in [1.807, 2.05) is 24.3 Å². The van der Waals surface area contributed by atoms with Gasteiger partial charge in [-0.3, -0.25) is 4.79 Å². The number of hydrogen-bond acceptors (Lipinski definition) is 5. The van der Waals surface area contributed by atoms with Crippen molar-refractivity contribution in [3.05, 3.63) is 34.9 Å². The number of carbonyl (C=O) groups is 1. The highest BCUT2D eigenvalue weighted by molar-refractivity contribution is 6.30. The molecule has 0 saturated carbocycles. The summed E-state index contributed by atoms with van der Waals surface area (Å²) >= 11 is 5.95. The minimum absolute atomic E-state index is 0.0127. The van der Waals surface area contributed by atoms with E-state index in [1.165, 1.54) is 0 Å². The van der Waals surface area contributed by atoms with E-state index >= 15 is 0 Å². The first-order valence-electron chi connectivity index (χ1n) is 8.79. The highest BCUT2D eigenvalue weighted by atomic mass is 35.5. The van der Waals surface area contributed by atoms with E-state index in [4.69, 9.17) is 16.3 Å². The van der Waals surface area contributed by atoms with Gasteiger partial charge in [0.05, 0.1) is 18.6 Å². The van der Waals surface area contributed by atoms with E-state index in [9.17, 15) is 15.0 Å². The molecule has 0 radical (unpaired) electrons. The van der Waals surface area contributed by atoms with Gasteiger partial charge in [0.15, 0.2) is 0 Å². The fourth-order valence-electron chi connectivity index (χ4n) is 3.44. The van der Waals surface area contributed by atoms with Gasteiger partial charge in [0.1, 0.15) is 12.2 Å². The maximum absolute atomic E-state index is 12.2. The van der Waals surface area contributed by atoms with Crippen molar-refractivity contribution in [1.82, 2.24) is 10.2 Å². The van der Waals surface area contributed by atoms with Crippen LogP contribution >= 0.6 is 11.6 Å². The normalized spacial score (nSPS) is 29.3. The van der Waals surface area contributed by atoms with Crippen LogP contribution < -0.4 is 5.32 Å². The Morgan fingerprint density at radius 3 is 2.68 bits per heavy atom. The number of likely N-dealkylation sites (tertiary alicyclic amines) is 1. The van der Waals surface area contributed by atoms with Crippen molar-refractivity contribution >= 4 is 17.5 Å². The molecule has 4 atom stereocenters. The lowest BCUT2D eigenvalue weighted by atomic mass is 10.0. The highest BCUT2D eigenvalue weighted by Crippen LogP contribution is 2.25. The third-order valence-electron chi connectivity index (χ3n) is 4.86. The molecule has 7 heteroatoms. The molecule has 1 aromatic carbocycles. The summed E-state index contributed by atoms with van der Waals surface area (Å²) in [4.78, 5) is 14.0. The monoisotopic (exact) mass is 368 g/mol. The Labute approximate surface area is 152 Å². The van der Waals surface area contributed by atoms with Gasteiger partial charge >= 0.3 is 0 Å². The lowest BCUT2D eigenvalue weighted by Gasteiger charge is -2.19. The molecule has 0 aliphatic carbocycles. The smallest absolute Gasteiger partial charge is 0.225 e. The molecule has 2 aliphatic rings. The number of ether oxygens (including phenoxy) is 1. The number of amides is 1. The molecule has 2 aliphatic heterocycles. The van der Waals surface area contributed by atoms with Crippen molar-refractivity contribution in [2.45, 2.75) is 50.2 Å². The van der Waals surface area contributed by atoms with Crippen LogP contribution in [0.5, 0.6) is 0 Å². The summed E-state index contributed by atoms with van der Waals surface area (Å²) in [5, 5.41) is 24.2. The molecule has 138 valence electrons. The summed E-state index contributed by atoms with van der Waals surface area (Å²) < 4.78 is 5.74. The summed E-state index contributed by atoms with van der Waals surface area (Å²) in [6.45, 7) is 2.52. The number of halogens is 1. The Bertz CT molecular complexity index is 594. The van der Waals surface area contributed by atoms with Gasteiger partial charge in [-0.05, 0) is 30.5 Å². The van der Waals surface area contributed by atoms with Gasteiger partial charge in [-0.25, -0.2) is 0 Å². The number of carbonyl (C=O) groups excluding carboxylic acids is 1. The van der Waals surface area contributed by atoms with Crippen LogP contribution in [-0.2, 0) is 16.1 Å². The standard InChI is InChI=1S/C18H25ClN2O4/c19-13-5-3-4-12(8-13)10-20-11-15-18(24)17(23)14(25-15)9-16(22)21-6-1-2-7-21/h3-5,8,14-15,17-18,20,23-24H,1-2,6-7,9-11H2/t14-,15+,17-,18+/m0/s1. The Morgan fingerprint density at radius 1 is 1.24 bits per heavy atom. The van der Waals surface area contributed by atoms with Crippen LogP contribution in [0.4, 0.5) is 0 Å². The van der Waals surface area contributed by atoms with E-state index < -0.39 is 24.4 Å². The van der Waals surface area contributed by atoms with E-state index in [2.05, 4.69) is 5.32 Å². The maximum Gasteiger partial charge on any atom is 0.225 e. The summed E-state index contributed by atoms with van der Waals surface area (Å²) in [7, 11) is 0. The Kier molecular flexibility index (Phi) is 6.30. The molecule has 2 saturated heterocycles. The maximum atomic E-state index is 12.2. The van der Waals surface area contributed by atoms with Crippen molar-refractivity contribution in [2.24, 2.45) is 0 Å². The quantitative estimate of drug-likeness (QED) is 0.696. The molecule has 25 heavy (non-hydrogen) atoms. The van der Waals surface area contributed by atoms with Gasteiger partial charge in [0.25, 0.3) is 0 Å². The van der Waals surface area contributed by atoms with Crippen LogP contribution in [0.2, 0.25) is 5.02 Å². The number of benzene rings is 1. The third kappa shape index (κ3) is 4.71. The molecule has 3 N–H and O–H groups in total. The van der Waals surface area contributed by atoms with Crippen molar-refractivity contribution in [1.29, 1.82) is 0 Å². The molecule has 1 amide bonds. The molecular formula is C18H25ClN2O4. The van der Waals surface area contributed by atoms with Crippen LogP contribution in [0.25, 0.3) is 0 Å². The van der Waals surface area contributed by atoms with Crippen LogP contribution in [0.3, 0.4) is 0 Å². The van der Waals surface area contributed by atoms with Crippen molar-refractivity contribution in [3.63, 3.8) is 0 Å². The largest absolute Gasteiger partial charge is 0.388 e. The molecule has 6 nitrogen and oxygen atoms in total. The van der Waals surface area contributed by atoms with E-state index in [0.29, 0.717) is 18.1 Å². The molecular weight excluding hydrogens is 344 g/mol. The van der Waals surface area contributed by atoms with Gasteiger partial charge in [0, 0.05) is 31.2 Å². The highest BCUT2D eigenvalue weighted by Gasteiger charge is 2.43. The minimum atomic E-state index is -1.04. The zero-order valence-corrected chi connectivity index (χ0v) is 14.9. The Morgan fingerprint density at radius 2 is 1.96 bits per heavy atom. The zero-order valence-electron chi connectivity index (χ0n) is 14.1. The lowest BCUT2D eigenvalue weighted by Crippen LogP contribution is -2.38. The first-order chi connectivity index (χ1) is 12.0. The first kappa shape index (κ1) is 18.6. The van der Waals surface area contributed by atoms with Gasteiger partial charge in [-0.15, -0.1) is 0 Å². The number of aliphatic hydroxyl groups excluding tert-OH is 2. The van der Waals surface area contributed by atoms with Gasteiger partial charge in [-0.2, -0.15) is 0 Å². The number of hydrogen-bond donors (Lipinski definition) is 3. The van der Waals surface area contributed by atoms with E-state index in [0.717, 1.165) is 31.5 Å². The van der Waals surface area contributed by atoms with E-state index in [-0.39, 0.29) is 12.3 Å². The Balaban J connectivity index is 1.47. The predicted molar refractivity (Wildman–Crippen MR) is 94.3 cm³/mol. The molecule has 0 spiro atoms. The fourth-order valence-corrected chi connectivity index (χ4v) is 3.65. The van der Waals surface area contributed by atoms with Crippen molar-refractivity contribution in [2.75, 3.05) is 19.6 Å². The molecule has 0 aromatic heterocycles. The molecule has 2 fully saturated rings. The number of nitrogens with zero attached hydrogens (tertiary/aromatic N) is 1. The lowest BCUT2D eigenvalue weighted by molar-refractivity contribution is -0.134. The van der Waals surface area contributed by atoms with E-state index in [1.54, 1.807) is 4.90 Å². The molecule has 2 heterocycles. The second-order valence-corrected chi connectivity index (χ2v) is 7.18. The average molecular weight is 369 g/mol. The minimum Gasteiger partial charge on any atom is -0.388 e. The summed E-state index contributed by atoms with van der Waals surface area (Å²) in [5.41, 5.74) is 1.03.